The lowest BCUT2D eigenvalue weighted by atomic mass is 9.83. The van der Waals surface area contributed by atoms with Crippen LogP contribution in [0.4, 0.5) is 0 Å². The molecule has 0 bridgehead atoms. The molecular formula is C16H18ClN5O. The van der Waals surface area contributed by atoms with Crippen molar-refractivity contribution in [1.82, 2.24) is 24.5 Å². The number of imidazole rings is 1. The molecule has 6 nitrogen and oxygen atoms in total. The molecule has 1 aliphatic rings. The molecule has 1 fully saturated rings. The van der Waals surface area contributed by atoms with Gasteiger partial charge in [-0.15, -0.1) is 0 Å². The van der Waals surface area contributed by atoms with Gasteiger partial charge in [0.1, 0.15) is 5.65 Å². The van der Waals surface area contributed by atoms with Gasteiger partial charge in [-0.1, -0.05) is 11.6 Å². The van der Waals surface area contributed by atoms with Crippen molar-refractivity contribution in [3.8, 4) is 0 Å². The molecule has 7 heteroatoms. The Labute approximate surface area is 138 Å². The highest BCUT2D eigenvalue weighted by molar-refractivity contribution is 6.30. The standard InChI is InChI=1S/C16H18ClN5O/c1-10-5-19-22(7-10)16-13(4-14(16)23)18-6-12-9-21-8-11(17)2-3-15(21)20-12/h2-3,5,7-9,13-14,16,18,23H,4,6H2,1H3/t13-,14+,16+/m0/s1. The third kappa shape index (κ3) is 2.73. The number of hydrogen-bond acceptors (Lipinski definition) is 4. The highest BCUT2D eigenvalue weighted by Gasteiger charge is 2.41. The Morgan fingerprint density at radius 2 is 2.22 bits per heavy atom. The van der Waals surface area contributed by atoms with Crippen LogP contribution in [0.3, 0.4) is 0 Å². The predicted molar refractivity (Wildman–Crippen MR) is 87.5 cm³/mol. The van der Waals surface area contributed by atoms with Crippen molar-refractivity contribution in [3.63, 3.8) is 0 Å². The maximum atomic E-state index is 10.0. The number of aliphatic hydroxyl groups is 1. The van der Waals surface area contributed by atoms with Crippen LogP contribution in [0.1, 0.15) is 23.7 Å². The molecule has 0 spiro atoms. The van der Waals surface area contributed by atoms with Crippen molar-refractivity contribution < 1.29 is 5.11 Å². The molecule has 2 N–H and O–H groups in total. The smallest absolute Gasteiger partial charge is 0.137 e. The van der Waals surface area contributed by atoms with Crippen molar-refractivity contribution in [3.05, 3.63) is 53.2 Å². The van der Waals surface area contributed by atoms with Crippen LogP contribution in [-0.2, 0) is 6.54 Å². The van der Waals surface area contributed by atoms with E-state index in [-0.39, 0.29) is 18.2 Å². The quantitative estimate of drug-likeness (QED) is 0.767. The fourth-order valence-electron chi connectivity index (χ4n) is 3.11. The third-order valence-electron chi connectivity index (χ3n) is 4.35. The number of halogens is 1. The molecule has 0 radical (unpaired) electrons. The lowest BCUT2D eigenvalue weighted by Gasteiger charge is -2.42. The maximum absolute atomic E-state index is 10.0. The van der Waals surface area contributed by atoms with Gasteiger partial charge in [0, 0.05) is 31.2 Å². The first kappa shape index (κ1) is 14.7. The number of aromatic nitrogens is 4. The monoisotopic (exact) mass is 331 g/mol. The van der Waals surface area contributed by atoms with Gasteiger partial charge in [0.2, 0.25) is 0 Å². The van der Waals surface area contributed by atoms with Crippen LogP contribution < -0.4 is 5.32 Å². The molecule has 4 rings (SSSR count). The van der Waals surface area contributed by atoms with Gasteiger partial charge >= 0.3 is 0 Å². The first-order valence-electron chi connectivity index (χ1n) is 7.65. The number of aryl methyl sites for hydroxylation is 1. The Morgan fingerprint density at radius 1 is 1.35 bits per heavy atom. The van der Waals surface area contributed by atoms with Gasteiger partial charge in [-0.2, -0.15) is 5.10 Å². The summed E-state index contributed by atoms with van der Waals surface area (Å²) in [5.41, 5.74) is 2.92. The molecule has 3 aromatic heterocycles. The number of hydrogen-bond donors (Lipinski definition) is 2. The summed E-state index contributed by atoms with van der Waals surface area (Å²) in [7, 11) is 0. The van der Waals surface area contributed by atoms with Gasteiger partial charge in [-0.3, -0.25) is 4.68 Å². The van der Waals surface area contributed by atoms with Gasteiger partial charge in [0.05, 0.1) is 29.1 Å². The van der Waals surface area contributed by atoms with Gasteiger partial charge in [-0.05, 0) is 31.0 Å². The van der Waals surface area contributed by atoms with E-state index in [4.69, 9.17) is 11.6 Å². The summed E-state index contributed by atoms with van der Waals surface area (Å²) in [6, 6.07) is 3.90. The van der Waals surface area contributed by atoms with E-state index >= 15 is 0 Å². The highest BCUT2D eigenvalue weighted by Crippen LogP contribution is 2.32. The summed E-state index contributed by atoms with van der Waals surface area (Å²) in [4.78, 5) is 4.56. The Balaban J connectivity index is 1.45. The first-order valence-corrected chi connectivity index (χ1v) is 8.03. The number of rotatable bonds is 4. The van der Waals surface area contributed by atoms with E-state index in [0.717, 1.165) is 23.3 Å². The van der Waals surface area contributed by atoms with Gasteiger partial charge in [-0.25, -0.2) is 4.98 Å². The van der Waals surface area contributed by atoms with Crippen LogP contribution in [0.5, 0.6) is 0 Å². The molecule has 0 amide bonds. The van der Waals surface area contributed by atoms with E-state index in [1.165, 1.54) is 0 Å². The Hall–Kier alpha value is -1.89. The van der Waals surface area contributed by atoms with Crippen LogP contribution in [0.2, 0.25) is 5.02 Å². The Bertz CT molecular complexity index is 842. The van der Waals surface area contributed by atoms with Gasteiger partial charge < -0.3 is 14.8 Å². The summed E-state index contributed by atoms with van der Waals surface area (Å²) in [6.07, 6.45) is 7.96. The lowest BCUT2D eigenvalue weighted by molar-refractivity contribution is -0.00833. The first-order chi connectivity index (χ1) is 11.1. The van der Waals surface area contributed by atoms with Crippen LogP contribution in [0, 0.1) is 6.92 Å². The highest BCUT2D eigenvalue weighted by atomic mass is 35.5. The summed E-state index contributed by atoms with van der Waals surface area (Å²) in [5.74, 6) is 0. The summed E-state index contributed by atoms with van der Waals surface area (Å²) in [5, 5.41) is 18.5. The van der Waals surface area contributed by atoms with Crippen molar-refractivity contribution in [2.24, 2.45) is 0 Å². The zero-order chi connectivity index (χ0) is 16.0. The van der Waals surface area contributed by atoms with Crippen LogP contribution in [-0.4, -0.2) is 36.4 Å². The summed E-state index contributed by atoms with van der Waals surface area (Å²) in [6.45, 7) is 2.65. The largest absolute Gasteiger partial charge is 0.391 e. The molecule has 3 aromatic rings. The van der Waals surface area contributed by atoms with Gasteiger partial charge in [0.15, 0.2) is 0 Å². The number of pyridine rings is 1. The van der Waals surface area contributed by atoms with E-state index in [9.17, 15) is 5.11 Å². The second kappa shape index (κ2) is 5.63. The predicted octanol–water partition coefficient (Wildman–Crippen LogP) is 1.96. The molecule has 0 unspecified atom stereocenters. The van der Waals surface area contributed by atoms with E-state index in [1.54, 1.807) is 0 Å². The van der Waals surface area contributed by atoms with E-state index < -0.39 is 0 Å². The average Bonchev–Trinajstić information content (AvgIpc) is 3.08. The fraction of sp³-hybridized carbons (Fsp3) is 0.375. The zero-order valence-corrected chi connectivity index (χ0v) is 13.5. The van der Waals surface area contributed by atoms with Crippen molar-refractivity contribution in [2.45, 2.75) is 38.1 Å². The number of nitrogens with one attached hydrogen (secondary N) is 1. The third-order valence-corrected chi connectivity index (χ3v) is 4.57. The summed E-state index contributed by atoms with van der Waals surface area (Å²) >= 11 is 5.99. The van der Waals surface area contributed by atoms with Crippen LogP contribution in [0.25, 0.3) is 5.65 Å². The molecule has 0 aromatic carbocycles. The summed E-state index contributed by atoms with van der Waals surface area (Å²) < 4.78 is 3.77. The van der Waals surface area contributed by atoms with Crippen molar-refractivity contribution >= 4 is 17.2 Å². The topological polar surface area (TPSA) is 67.4 Å². The SMILES string of the molecule is Cc1cnn([C@H]2[C@H](O)C[C@@H]2NCc2cn3cc(Cl)ccc3n2)c1. The normalized spacial score (nSPS) is 24.0. The minimum atomic E-state index is -0.355. The second-order valence-corrected chi connectivity index (χ2v) is 6.56. The number of fused-ring (bicyclic) bond motifs is 1. The lowest BCUT2D eigenvalue weighted by Crippen LogP contribution is -2.54. The van der Waals surface area contributed by atoms with E-state index in [2.05, 4.69) is 15.4 Å². The Morgan fingerprint density at radius 3 is 2.96 bits per heavy atom. The minimum Gasteiger partial charge on any atom is -0.391 e. The Kier molecular flexibility index (Phi) is 3.60. The molecule has 1 saturated carbocycles. The van der Waals surface area contributed by atoms with Crippen LogP contribution >= 0.6 is 11.6 Å². The molecule has 3 atom stereocenters. The van der Waals surface area contributed by atoms with E-state index in [1.807, 2.05) is 52.9 Å². The molecular weight excluding hydrogens is 314 g/mol. The molecule has 0 aliphatic heterocycles. The zero-order valence-electron chi connectivity index (χ0n) is 12.7. The van der Waals surface area contributed by atoms with Crippen molar-refractivity contribution in [1.29, 1.82) is 0 Å². The number of aliphatic hydroxyl groups excluding tert-OH is 1. The maximum Gasteiger partial charge on any atom is 0.137 e. The minimum absolute atomic E-state index is 0.0184. The van der Waals surface area contributed by atoms with E-state index in [0.29, 0.717) is 11.6 Å². The average molecular weight is 332 g/mol. The molecule has 120 valence electrons. The molecule has 0 saturated heterocycles. The molecule has 23 heavy (non-hydrogen) atoms. The van der Waals surface area contributed by atoms with Gasteiger partial charge in [0.25, 0.3) is 0 Å². The fourth-order valence-corrected chi connectivity index (χ4v) is 3.28. The molecule has 3 heterocycles. The second-order valence-electron chi connectivity index (χ2n) is 6.12. The number of nitrogens with zero attached hydrogens (tertiary/aromatic N) is 4. The molecule has 1 aliphatic carbocycles. The van der Waals surface area contributed by atoms with Crippen molar-refractivity contribution in [2.75, 3.05) is 0 Å². The van der Waals surface area contributed by atoms with Crippen LogP contribution in [0.15, 0.2) is 36.9 Å².